The van der Waals surface area contributed by atoms with Crippen LogP contribution in [0, 0.1) is 13.8 Å². The Kier molecular flexibility index (Phi) is 4.34. The Morgan fingerprint density at radius 1 is 1.35 bits per heavy atom. The summed E-state index contributed by atoms with van der Waals surface area (Å²) in [5, 5.41) is 11.1. The van der Waals surface area contributed by atoms with Gasteiger partial charge >= 0.3 is 5.97 Å². The molecular formula is C14H17N3O2S. The predicted octanol–water partition coefficient (Wildman–Crippen LogP) is 3.11. The largest absolute Gasteiger partial charge is 0.464 e. The molecule has 1 atom stereocenters. The molecule has 0 bridgehead atoms. The van der Waals surface area contributed by atoms with Crippen molar-refractivity contribution in [1.82, 2.24) is 10.2 Å². The molecule has 106 valence electrons. The molecule has 0 radical (unpaired) electrons. The molecule has 2 aromatic rings. The normalized spacial score (nSPS) is 12.0. The van der Waals surface area contributed by atoms with Crippen molar-refractivity contribution in [3.05, 3.63) is 39.2 Å². The Balaban J connectivity index is 2.10. The molecule has 0 aliphatic rings. The topological polar surface area (TPSA) is 64.1 Å². The highest BCUT2D eigenvalue weighted by Crippen LogP contribution is 2.27. The standard InChI is InChI=1S/C14H17N3O2S/c1-8-7-11(10(3)20-8)9(2)15-13-6-5-12(16-17-13)14(18)19-4/h5-7,9H,1-4H3,(H,15,17). The molecule has 6 heteroatoms. The van der Waals surface area contributed by atoms with E-state index in [2.05, 4.69) is 47.1 Å². The van der Waals surface area contributed by atoms with Crippen molar-refractivity contribution in [2.24, 2.45) is 0 Å². The smallest absolute Gasteiger partial charge is 0.358 e. The first-order valence-corrected chi connectivity index (χ1v) is 7.08. The van der Waals surface area contributed by atoms with Crippen LogP contribution < -0.4 is 5.32 Å². The maximum absolute atomic E-state index is 11.3. The highest BCUT2D eigenvalue weighted by molar-refractivity contribution is 7.12. The van der Waals surface area contributed by atoms with Crippen molar-refractivity contribution in [1.29, 1.82) is 0 Å². The number of carbonyl (C=O) groups is 1. The van der Waals surface area contributed by atoms with Crippen LogP contribution in [0.25, 0.3) is 0 Å². The number of hydrogen-bond acceptors (Lipinski definition) is 6. The van der Waals surface area contributed by atoms with E-state index in [0.717, 1.165) is 0 Å². The Labute approximate surface area is 122 Å². The van der Waals surface area contributed by atoms with Crippen molar-refractivity contribution < 1.29 is 9.53 Å². The summed E-state index contributed by atoms with van der Waals surface area (Å²) in [6.45, 7) is 6.28. The zero-order chi connectivity index (χ0) is 14.7. The summed E-state index contributed by atoms with van der Waals surface area (Å²) < 4.78 is 4.58. The molecule has 0 spiro atoms. The van der Waals surface area contributed by atoms with Gasteiger partial charge in [0.1, 0.15) is 5.82 Å². The zero-order valence-corrected chi connectivity index (χ0v) is 12.7. The maximum Gasteiger partial charge on any atom is 0.358 e. The molecule has 0 amide bonds. The van der Waals surface area contributed by atoms with Crippen LogP contribution in [0.3, 0.4) is 0 Å². The number of anilines is 1. The molecule has 0 aliphatic carbocycles. The van der Waals surface area contributed by atoms with Gasteiger partial charge < -0.3 is 10.1 Å². The molecule has 0 saturated carbocycles. The van der Waals surface area contributed by atoms with Crippen molar-refractivity contribution in [3.8, 4) is 0 Å². The fourth-order valence-corrected chi connectivity index (χ4v) is 3.03. The minimum Gasteiger partial charge on any atom is -0.464 e. The Hall–Kier alpha value is -1.95. The van der Waals surface area contributed by atoms with Crippen LogP contribution in [0.15, 0.2) is 18.2 Å². The number of hydrogen-bond donors (Lipinski definition) is 1. The van der Waals surface area contributed by atoms with Gasteiger partial charge in [0.25, 0.3) is 0 Å². The van der Waals surface area contributed by atoms with Gasteiger partial charge in [0.15, 0.2) is 5.69 Å². The van der Waals surface area contributed by atoms with Crippen LogP contribution in [-0.2, 0) is 4.74 Å². The first kappa shape index (κ1) is 14.5. The number of thiophene rings is 1. The first-order valence-electron chi connectivity index (χ1n) is 6.26. The highest BCUT2D eigenvalue weighted by Gasteiger charge is 2.13. The summed E-state index contributed by atoms with van der Waals surface area (Å²) in [5.41, 5.74) is 1.46. The van der Waals surface area contributed by atoms with E-state index >= 15 is 0 Å². The molecule has 1 unspecified atom stereocenters. The lowest BCUT2D eigenvalue weighted by Crippen LogP contribution is -2.11. The molecule has 1 N–H and O–H groups in total. The van der Waals surface area contributed by atoms with Crippen molar-refractivity contribution in [3.63, 3.8) is 0 Å². The van der Waals surface area contributed by atoms with Gasteiger partial charge in [0.05, 0.1) is 13.2 Å². The van der Waals surface area contributed by atoms with Crippen LogP contribution in [0.5, 0.6) is 0 Å². The molecular weight excluding hydrogens is 274 g/mol. The van der Waals surface area contributed by atoms with E-state index in [4.69, 9.17) is 0 Å². The van der Waals surface area contributed by atoms with Crippen LogP contribution in [0.1, 0.15) is 38.8 Å². The number of methoxy groups -OCH3 is 1. The van der Waals surface area contributed by atoms with Crippen LogP contribution in [-0.4, -0.2) is 23.3 Å². The average molecular weight is 291 g/mol. The summed E-state index contributed by atoms with van der Waals surface area (Å²) in [4.78, 5) is 13.9. The number of rotatable bonds is 4. The van der Waals surface area contributed by atoms with E-state index in [1.54, 1.807) is 23.5 Å². The lowest BCUT2D eigenvalue weighted by Gasteiger charge is -2.14. The van der Waals surface area contributed by atoms with E-state index < -0.39 is 5.97 Å². The Morgan fingerprint density at radius 2 is 2.10 bits per heavy atom. The lowest BCUT2D eigenvalue weighted by molar-refractivity contribution is 0.0593. The molecule has 5 nitrogen and oxygen atoms in total. The van der Waals surface area contributed by atoms with Gasteiger partial charge in [0.2, 0.25) is 0 Å². The number of nitrogens with one attached hydrogen (secondary N) is 1. The maximum atomic E-state index is 11.3. The third kappa shape index (κ3) is 3.14. The van der Waals surface area contributed by atoms with Crippen molar-refractivity contribution in [2.45, 2.75) is 26.8 Å². The quantitative estimate of drug-likeness (QED) is 0.877. The third-order valence-corrected chi connectivity index (χ3v) is 3.95. The second-order valence-corrected chi connectivity index (χ2v) is 5.99. The zero-order valence-electron chi connectivity index (χ0n) is 11.9. The summed E-state index contributed by atoms with van der Waals surface area (Å²) in [6, 6.07) is 5.64. The van der Waals surface area contributed by atoms with Gasteiger partial charge in [-0.1, -0.05) is 0 Å². The minimum atomic E-state index is -0.485. The van der Waals surface area contributed by atoms with Crippen LogP contribution in [0.4, 0.5) is 5.82 Å². The van der Waals surface area contributed by atoms with Gasteiger partial charge in [-0.25, -0.2) is 4.79 Å². The van der Waals surface area contributed by atoms with Crippen molar-refractivity contribution in [2.75, 3.05) is 12.4 Å². The highest BCUT2D eigenvalue weighted by atomic mass is 32.1. The van der Waals surface area contributed by atoms with Gasteiger partial charge in [-0.05, 0) is 44.5 Å². The number of ether oxygens (including phenoxy) is 1. The van der Waals surface area contributed by atoms with E-state index in [1.807, 2.05) is 0 Å². The van der Waals surface area contributed by atoms with E-state index in [9.17, 15) is 4.79 Å². The van der Waals surface area contributed by atoms with Crippen LogP contribution in [0.2, 0.25) is 0 Å². The lowest BCUT2D eigenvalue weighted by atomic mass is 10.1. The Morgan fingerprint density at radius 3 is 2.60 bits per heavy atom. The van der Waals surface area contributed by atoms with E-state index in [-0.39, 0.29) is 11.7 Å². The van der Waals surface area contributed by atoms with E-state index in [0.29, 0.717) is 5.82 Å². The number of carbonyl (C=O) groups excluding carboxylic acids is 1. The number of nitrogens with zero attached hydrogens (tertiary/aromatic N) is 2. The molecule has 2 aromatic heterocycles. The summed E-state index contributed by atoms with van der Waals surface area (Å²) in [5.74, 6) is 0.148. The first-order chi connectivity index (χ1) is 9.51. The SMILES string of the molecule is COC(=O)c1ccc(NC(C)c2cc(C)sc2C)nn1. The molecule has 2 rings (SSSR count). The molecule has 0 aliphatic heterocycles. The summed E-state index contributed by atoms with van der Waals surface area (Å²) >= 11 is 1.78. The second kappa shape index (κ2) is 6.00. The molecule has 20 heavy (non-hydrogen) atoms. The fraction of sp³-hybridized carbons (Fsp3) is 0.357. The minimum absolute atomic E-state index is 0.137. The van der Waals surface area contributed by atoms with Crippen molar-refractivity contribution >= 4 is 23.1 Å². The molecule has 0 fully saturated rings. The Bertz CT molecular complexity index is 607. The van der Waals surface area contributed by atoms with Gasteiger partial charge in [0, 0.05) is 9.75 Å². The third-order valence-electron chi connectivity index (χ3n) is 2.97. The fourth-order valence-electron chi connectivity index (χ4n) is 2.00. The monoisotopic (exact) mass is 291 g/mol. The number of esters is 1. The van der Waals surface area contributed by atoms with Gasteiger partial charge in [-0.15, -0.1) is 21.5 Å². The van der Waals surface area contributed by atoms with E-state index in [1.165, 1.54) is 22.4 Å². The summed E-state index contributed by atoms with van der Waals surface area (Å²) in [7, 11) is 1.32. The summed E-state index contributed by atoms with van der Waals surface area (Å²) in [6.07, 6.45) is 0. The second-order valence-electron chi connectivity index (χ2n) is 4.53. The number of aryl methyl sites for hydroxylation is 2. The predicted molar refractivity (Wildman–Crippen MR) is 79.2 cm³/mol. The van der Waals surface area contributed by atoms with Crippen LogP contribution >= 0.6 is 11.3 Å². The number of aromatic nitrogens is 2. The van der Waals surface area contributed by atoms with Gasteiger partial charge in [-0.2, -0.15) is 0 Å². The molecule has 0 saturated heterocycles. The average Bonchev–Trinajstić information content (AvgIpc) is 2.78. The van der Waals surface area contributed by atoms with Gasteiger partial charge in [-0.3, -0.25) is 0 Å². The molecule has 2 heterocycles. The molecule has 0 aromatic carbocycles.